The molecule has 3 unspecified atom stereocenters. The molecule has 15 heavy (non-hydrogen) atoms. The van der Waals surface area contributed by atoms with E-state index in [1.807, 2.05) is 0 Å². The molecule has 0 spiro atoms. The fourth-order valence-corrected chi connectivity index (χ4v) is 3.10. The first-order chi connectivity index (χ1) is 7.25. The van der Waals surface area contributed by atoms with Crippen LogP contribution in [0.1, 0.15) is 45.4 Å². The second-order valence-electron chi connectivity index (χ2n) is 5.65. The first-order valence-corrected chi connectivity index (χ1v) is 6.69. The minimum absolute atomic E-state index is 0.801. The van der Waals surface area contributed by atoms with Crippen LogP contribution in [0.5, 0.6) is 0 Å². The molecule has 1 saturated carbocycles. The number of hydrogen-bond donors (Lipinski definition) is 1. The van der Waals surface area contributed by atoms with Gasteiger partial charge in [0.2, 0.25) is 0 Å². The summed E-state index contributed by atoms with van der Waals surface area (Å²) >= 11 is 0. The van der Waals surface area contributed by atoms with Crippen LogP contribution in [0.2, 0.25) is 0 Å². The molecule has 2 nitrogen and oxygen atoms in total. The molecule has 0 aromatic heterocycles. The summed E-state index contributed by atoms with van der Waals surface area (Å²) in [5, 5.41) is 3.77. The summed E-state index contributed by atoms with van der Waals surface area (Å²) in [5.74, 6) is 0.951. The van der Waals surface area contributed by atoms with Crippen molar-refractivity contribution in [3.05, 3.63) is 0 Å². The highest BCUT2D eigenvalue weighted by molar-refractivity contribution is 4.82. The third-order valence-corrected chi connectivity index (χ3v) is 4.26. The van der Waals surface area contributed by atoms with Crippen molar-refractivity contribution in [2.45, 2.75) is 57.5 Å². The van der Waals surface area contributed by atoms with Crippen molar-refractivity contribution in [3.63, 3.8) is 0 Å². The largest absolute Gasteiger partial charge is 0.312 e. The van der Waals surface area contributed by atoms with Crippen molar-refractivity contribution in [1.29, 1.82) is 0 Å². The Kier molecular flexibility index (Phi) is 4.04. The lowest BCUT2D eigenvalue weighted by atomic mass is 10.0. The fraction of sp³-hybridized carbons (Fsp3) is 1.00. The second-order valence-corrected chi connectivity index (χ2v) is 5.65. The molecule has 88 valence electrons. The van der Waals surface area contributed by atoms with Gasteiger partial charge < -0.3 is 10.2 Å². The molecule has 2 heteroatoms. The maximum atomic E-state index is 3.77. The van der Waals surface area contributed by atoms with Gasteiger partial charge in [-0.15, -0.1) is 0 Å². The van der Waals surface area contributed by atoms with Crippen molar-refractivity contribution in [2.24, 2.45) is 5.92 Å². The van der Waals surface area contributed by atoms with Crippen LogP contribution < -0.4 is 5.32 Å². The van der Waals surface area contributed by atoms with Crippen LogP contribution in [0.3, 0.4) is 0 Å². The maximum absolute atomic E-state index is 3.77. The van der Waals surface area contributed by atoms with Gasteiger partial charge in [-0.05, 0) is 51.6 Å². The standard InChI is InChI=1S/C13H26N2/c1-11-6-7-12(9-11)14-10-13-5-3-4-8-15(13)2/h11-14H,3-10H2,1-2H3. The minimum atomic E-state index is 0.801. The van der Waals surface area contributed by atoms with Crippen LogP contribution in [-0.4, -0.2) is 37.1 Å². The molecule has 1 heterocycles. The van der Waals surface area contributed by atoms with Gasteiger partial charge in [0.1, 0.15) is 0 Å². The van der Waals surface area contributed by atoms with E-state index in [9.17, 15) is 0 Å². The zero-order chi connectivity index (χ0) is 10.7. The molecule has 0 aromatic carbocycles. The summed E-state index contributed by atoms with van der Waals surface area (Å²) in [6.45, 7) is 4.90. The fourth-order valence-electron chi connectivity index (χ4n) is 3.10. The van der Waals surface area contributed by atoms with E-state index in [0.29, 0.717) is 0 Å². The molecule has 2 fully saturated rings. The van der Waals surface area contributed by atoms with E-state index < -0.39 is 0 Å². The SMILES string of the molecule is CC1CCC(NCC2CCCCN2C)C1. The van der Waals surface area contributed by atoms with E-state index in [2.05, 4.69) is 24.2 Å². The smallest absolute Gasteiger partial charge is 0.0217 e. The zero-order valence-electron chi connectivity index (χ0n) is 10.3. The van der Waals surface area contributed by atoms with Gasteiger partial charge in [0.25, 0.3) is 0 Å². The Balaban J connectivity index is 1.68. The molecule has 2 rings (SSSR count). The summed E-state index contributed by atoms with van der Waals surface area (Å²) in [4.78, 5) is 2.54. The highest BCUT2D eigenvalue weighted by atomic mass is 15.2. The summed E-state index contributed by atoms with van der Waals surface area (Å²) in [5.41, 5.74) is 0. The molecule has 1 N–H and O–H groups in total. The number of likely N-dealkylation sites (N-methyl/N-ethyl adjacent to an activating group) is 1. The molecule has 2 aliphatic rings. The first kappa shape index (κ1) is 11.4. The highest BCUT2D eigenvalue weighted by Gasteiger charge is 2.23. The number of piperidine rings is 1. The summed E-state index contributed by atoms with van der Waals surface area (Å²) in [7, 11) is 2.28. The van der Waals surface area contributed by atoms with Crippen LogP contribution >= 0.6 is 0 Å². The highest BCUT2D eigenvalue weighted by Crippen LogP contribution is 2.25. The minimum Gasteiger partial charge on any atom is -0.312 e. The van der Waals surface area contributed by atoms with Crippen molar-refractivity contribution in [1.82, 2.24) is 10.2 Å². The van der Waals surface area contributed by atoms with Gasteiger partial charge in [0, 0.05) is 18.6 Å². The normalized spacial score (nSPS) is 38.4. The van der Waals surface area contributed by atoms with Gasteiger partial charge >= 0.3 is 0 Å². The van der Waals surface area contributed by atoms with Crippen LogP contribution in [0.25, 0.3) is 0 Å². The van der Waals surface area contributed by atoms with Gasteiger partial charge in [-0.25, -0.2) is 0 Å². The average molecular weight is 210 g/mol. The van der Waals surface area contributed by atoms with Gasteiger partial charge in [0.15, 0.2) is 0 Å². The number of nitrogens with one attached hydrogen (secondary N) is 1. The second kappa shape index (κ2) is 5.31. The monoisotopic (exact) mass is 210 g/mol. The predicted molar refractivity (Wildman–Crippen MR) is 65.1 cm³/mol. The molecule has 0 amide bonds. The van der Waals surface area contributed by atoms with Crippen molar-refractivity contribution in [3.8, 4) is 0 Å². The molecule has 0 aromatic rings. The quantitative estimate of drug-likeness (QED) is 0.768. The third-order valence-electron chi connectivity index (χ3n) is 4.26. The molecule has 1 aliphatic carbocycles. The number of nitrogens with zero attached hydrogens (tertiary/aromatic N) is 1. The van der Waals surface area contributed by atoms with Crippen LogP contribution in [0, 0.1) is 5.92 Å². The summed E-state index contributed by atoms with van der Waals surface area (Å²) in [6, 6.07) is 1.62. The van der Waals surface area contributed by atoms with Crippen LogP contribution in [0.4, 0.5) is 0 Å². The Labute approximate surface area is 94.4 Å². The molecule has 0 radical (unpaired) electrons. The summed E-state index contributed by atoms with van der Waals surface area (Å²) in [6.07, 6.45) is 8.45. The maximum Gasteiger partial charge on any atom is 0.0217 e. The van der Waals surface area contributed by atoms with E-state index >= 15 is 0 Å². The summed E-state index contributed by atoms with van der Waals surface area (Å²) < 4.78 is 0. The Morgan fingerprint density at radius 1 is 1.20 bits per heavy atom. The van der Waals surface area contributed by atoms with E-state index in [1.54, 1.807) is 0 Å². The lowest BCUT2D eigenvalue weighted by Gasteiger charge is -2.33. The van der Waals surface area contributed by atoms with Crippen molar-refractivity contribution < 1.29 is 0 Å². The first-order valence-electron chi connectivity index (χ1n) is 6.69. The van der Waals surface area contributed by atoms with Gasteiger partial charge in [-0.2, -0.15) is 0 Å². The lowest BCUT2D eigenvalue weighted by Crippen LogP contribution is -2.45. The molecular weight excluding hydrogens is 184 g/mol. The van der Waals surface area contributed by atoms with Crippen LogP contribution in [0.15, 0.2) is 0 Å². The Bertz CT molecular complexity index is 193. The number of rotatable bonds is 3. The van der Waals surface area contributed by atoms with Crippen molar-refractivity contribution >= 4 is 0 Å². The van der Waals surface area contributed by atoms with E-state index in [1.165, 1.54) is 51.6 Å². The number of likely N-dealkylation sites (tertiary alicyclic amines) is 1. The van der Waals surface area contributed by atoms with Crippen LogP contribution in [-0.2, 0) is 0 Å². The van der Waals surface area contributed by atoms with E-state index in [4.69, 9.17) is 0 Å². The van der Waals surface area contributed by atoms with Gasteiger partial charge in [-0.1, -0.05) is 13.3 Å². The van der Waals surface area contributed by atoms with Gasteiger partial charge in [-0.3, -0.25) is 0 Å². The Morgan fingerprint density at radius 2 is 2.07 bits per heavy atom. The topological polar surface area (TPSA) is 15.3 Å². The zero-order valence-corrected chi connectivity index (χ0v) is 10.3. The third kappa shape index (κ3) is 3.18. The van der Waals surface area contributed by atoms with E-state index in [-0.39, 0.29) is 0 Å². The number of hydrogen-bond acceptors (Lipinski definition) is 2. The molecule has 1 saturated heterocycles. The Hall–Kier alpha value is -0.0800. The van der Waals surface area contributed by atoms with Crippen molar-refractivity contribution in [2.75, 3.05) is 20.1 Å². The molecule has 3 atom stereocenters. The van der Waals surface area contributed by atoms with E-state index in [0.717, 1.165) is 18.0 Å². The van der Waals surface area contributed by atoms with Gasteiger partial charge in [0.05, 0.1) is 0 Å². The average Bonchev–Trinajstić information content (AvgIpc) is 2.63. The molecular formula is C13H26N2. The molecule has 0 bridgehead atoms. The lowest BCUT2D eigenvalue weighted by molar-refractivity contribution is 0.177. The Morgan fingerprint density at radius 3 is 2.73 bits per heavy atom. The molecule has 1 aliphatic heterocycles. The predicted octanol–water partition coefficient (Wildman–Crippen LogP) is 2.25.